The minimum Gasteiger partial charge on any atom is -0.320 e. The van der Waals surface area contributed by atoms with Gasteiger partial charge in [0.2, 0.25) is 23.6 Å². The van der Waals surface area contributed by atoms with Gasteiger partial charge in [0.05, 0.1) is 0 Å². The van der Waals surface area contributed by atoms with Crippen molar-refractivity contribution in [1.29, 1.82) is 0 Å². The molecule has 0 aromatic carbocycles. The van der Waals surface area contributed by atoms with Gasteiger partial charge in [0.1, 0.15) is 0 Å². The van der Waals surface area contributed by atoms with E-state index < -0.39 is 0 Å². The van der Waals surface area contributed by atoms with Gasteiger partial charge in [0, 0.05) is 49.9 Å². The average molecular weight is 515 g/mol. The normalized spacial score (nSPS) is 24.0. The van der Waals surface area contributed by atoms with Crippen molar-refractivity contribution in [2.75, 3.05) is 13.1 Å². The molecule has 2 atom stereocenters. The van der Waals surface area contributed by atoms with Gasteiger partial charge in [-0.2, -0.15) is 0 Å². The molecule has 206 valence electrons. The van der Waals surface area contributed by atoms with Gasteiger partial charge in [0.25, 0.3) is 0 Å². The zero-order valence-electron chi connectivity index (χ0n) is 23.3. The largest absolute Gasteiger partial charge is 0.320 e. The van der Waals surface area contributed by atoms with E-state index in [0.717, 1.165) is 45.2 Å². The first-order chi connectivity index (χ1) is 17.5. The Balaban J connectivity index is 0.000000248. The highest BCUT2D eigenvalue weighted by atomic mass is 16.2. The van der Waals surface area contributed by atoms with Crippen molar-refractivity contribution in [3.05, 3.63) is 51.1 Å². The molecule has 0 saturated carbocycles. The van der Waals surface area contributed by atoms with Crippen LogP contribution in [0.2, 0.25) is 0 Å². The van der Waals surface area contributed by atoms with Crippen LogP contribution < -0.4 is 0 Å². The van der Waals surface area contributed by atoms with Crippen LogP contribution in [-0.2, 0) is 19.2 Å². The molecule has 0 radical (unpaired) electrons. The Morgan fingerprint density at radius 2 is 1.35 bits per heavy atom. The lowest BCUT2D eigenvalue weighted by Crippen LogP contribution is -2.26. The van der Waals surface area contributed by atoms with E-state index in [1.54, 1.807) is 44.4 Å². The highest BCUT2D eigenvalue weighted by Crippen LogP contribution is 2.30. The van der Waals surface area contributed by atoms with Crippen molar-refractivity contribution in [3.63, 3.8) is 0 Å². The third kappa shape index (κ3) is 9.02. The molecular formula is C29H46N4O4. The summed E-state index contributed by atoms with van der Waals surface area (Å²) >= 11 is 0. The minimum atomic E-state index is -0.159. The second-order valence-corrected chi connectivity index (χ2v) is 10.1. The Kier molecular flexibility index (Phi) is 13.1. The number of hydrogen-bond acceptors (Lipinski definition) is 4. The van der Waals surface area contributed by atoms with Crippen LogP contribution in [0.25, 0.3) is 0 Å². The summed E-state index contributed by atoms with van der Waals surface area (Å²) in [5, 5.41) is 0. The maximum Gasteiger partial charge on any atom is 0.232 e. The zero-order chi connectivity index (χ0) is 28.2. The van der Waals surface area contributed by atoms with Crippen molar-refractivity contribution < 1.29 is 19.2 Å². The maximum absolute atomic E-state index is 11.3. The first kappa shape index (κ1) is 31.9. The first-order valence-electron chi connectivity index (χ1n) is 13.2. The van der Waals surface area contributed by atoms with Crippen LogP contribution in [0.15, 0.2) is 51.1 Å². The number of rotatable bonds is 5. The molecule has 2 unspecified atom stereocenters. The minimum absolute atomic E-state index is 0.159. The Morgan fingerprint density at radius 1 is 0.784 bits per heavy atom. The molecule has 4 fully saturated rings. The van der Waals surface area contributed by atoms with Crippen molar-refractivity contribution >= 4 is 23.6 Å². The van der Waals surface area contributed by atoms with Crippen molar-refractivity contribution in [2.24, 2.45) is 5.41 Å². The van der Waals surface area contributed by atoms with E-state index in [1.807, 2.05) is 20.8 Å². The highest BCUT2D eigenvalue weighted by Gasteiger charge is 2.37. The van der Waals surface area contributed by atoms with Gasteiger partial charge in [-0.05, 0) is 63.8 Å². The third-order valence-corrected chi connectivity index (χ3v) is 7.14. The number of carbonyl (C=O) groups is 4. The molecule has 0 bridgehead atoms. The predicted octanol–water partition coefficient (Wildman–Crippen LogP) is 4.81. The Hall–Kier alpha value is -3.16. The fourth-order valence-corrected chi connectivity index (χ4v) is 4.58. The SMILES string of the molecule is C=CN1C(=O)CCC1C.C=CN1C(=O)CCC1CC.C=CN1CCC(C)(C)C1=O.C=CN1CCCC1=O. The van der Waals surface area contributed by atoms with Crippen LogP contribution in [0, 0.1) is 5.41 Å². The second kappa shape index (κ2) is 15.2. The number of hydrogen-bond donors (Lipinski definition) is 0. The van der Waals surface area contributed by atoms with Crippen molar-refractivity contribution in [2.45, 2.75) is 91.1 Å². The first-order valence-corrected chi connectivity index (χ1v) is 13.2. The number of likely N-dealkylation sites (tertiary alicyclic amines) is 4. The fourth-order valence-electron chi connectivity index (χ4n) is 4.58. The quantitative estimate of drug-likeness (QED) is 0.527. The van der Waals surface area contributed by atoms with E-state index in [-0.39, 0.29) is 29.0 Å². The van der Waals surface area contributed by atoms with Crippen molar-refractivity contribution in [3.8, 4) is 0 Å². The summed E-state index contributed by atoms with van der Waals surface area (Å²) < 4.78 is 0. The molecule has 4 rings (SSSR count). The van der Waals surface area contributed by atoms with Crippen molar-refractivity contribution in [1.82, 2.24) is 19.6 Å². The van der Waals surface area contributed by atoms with E-state index in [9.17, 15) is 19.2 Å². The number of nitrogens with zero attached hydrogens (tertiary/aromatic N) is 4. The van der Waals surface area contributed by atoms with Crippen LogP contribution in [0.3, 0.4) is 0 Å². The smallest absolute Gasteiger partial charge is 0.232 e. The van der Waals surface area contributed by atoms with Gasteiger partial charge in [-0.1, -0.05) is 47.1 Å². The topological polar surface area (TPSA) is 81.2 Å². The molecule has 4 heterocycles. The van der Waals surface area contributed by atoms with Gasteiger partial charge in [-0.25, -0.2) is 0 Å². The molecule has 0 N–H and O–H groups in total. The van der Waals surface area contributed by atoms with Crippen LogP contribution in [0.4, 0.5) is 0 Å². The third-order valence-electron chi connectivity index (χ3n) is 7.14. The summed E-state index contributed by atoms with van der Waals surface area (Å²) in [4.78, 5) is 50.7. The molecule has 4 aliphatic rings. The summed E-state index contributed by atoms with van der Waals surface area (Å²) in [5.41, 5.74) is -0.159. The fraction of sp³-hybridized carbons (Fsp3) is 0.586. The van der Waals surface area contributed by atoms with Gasteiger partial charge < -0.3 is 19.6 Å². The summed E-state index contributed by atoms with van der Waals surface area (Å²) in [7, 11) is 0. The molecule has 0 spiro atoms. The highest BCUT2D eigenvalue weighted by molar-refractivity contribution is 5.84. The molecule has 8 nitrogen and oxygen atoms in total. The predicted molar refractivity (Wildman–Crippen MR) is 148 cm³/mol. The standard InChI is InChI=1S/2C8H13NO.C7H11NO.C6H9NO/c1-4-9-6-5-8(2,3)7(9)10;1-3-7-5-6-8(10)9(7)4-2;1-3-8-6(2)4-5-7(8)9;1-2-7-5-3-4-6(7)8/h4H,1,5-6H2,2-3H3;4,7H,2-3,5-6H2,1H3;3,6H,1,4-5H2,2H3;2H,1,3-5H2. The molecule has 4 aliphatic heterocycles. The van der Waals surface area contributed by atoms with Gasteiger partial charge in [-0.15, -0.1) is 0 Å². The summed E-state index contributed by atoms with van der Waals surface area (Å²) in [6.45, 7) is 24.0. The number of amides is 4. The van der Waals surface area contributed by atoms with E-state index in [4.69, 9.17) is 0 Å². The van der Waals surface area contributed by atoms with Gasteiger partial charge >= 0.3 is 0 Å². The molecule has 0 aromatic heterocycles. The Labute approximate surface area is 223 Å². The summed E-state index contributed by atoms with van der Waals surface area (Å²) in [5.74, 6) is 0.835. The molecule has 4 saturated heterocycles. The molecular weight excluding hydrogens is 468 g/mol. The summed E-state index contributed by atoms with van der Waals surface area (Å²) in [6.07, 6.45) is 13.5. The van der Waals surface area contributed by atoms with Crippen LogP contribution in [0.5, 0.6) is 0 Å². The van der Waals surface area contributed by atoms with Crippen LogP contribution in [-0.4, -0.2) is 68.4 Å². The maximum atomic E-state index is 11.3. The zero-order valence-corrected chi connectivity index (χ0v) is 23.3. The van der Waals surface area contributed by atoms with E-state index in [2.05, 4.69) is 33.2 Å². The van der Waals surface area contributed by atoms with E-state index in [0.29, 0.717) is 31.3 Å². The lowest BCUT2D eigenvalue weighted by Gasteiger charge is -2.17. The molecule has 8 heteroatoms. The van der Waals surface area contributed by atoms with Gasteiger partial charge in [-0.3, -0.25) is 19.2 Å². The monoisotopic (exact) mass is 514 g/mol. The Bertz CT molecular complexity index is 866. The van der Waals surface area contributed by atoms with E-state index >= 15 is 0 Å². The Morgan fingerprint density at radius 3 is 1.62 bits per heavy atom. The lowest BCUT2D eigenvalue weighted by atomic mass is 9.92. The average Bonchev–Trinajstić information content (AvgIpc) is 3.62. The van der Waals surface area contributed by atoms with Crippen LogP contribution in [0.1, 0.15) is 79.1 Å². The molecule has 4 amide bonds. The molecule has 0 aliphatic carbocycles. The molecule has 0 aromatic rings. The van der Waals surface area contributed by atoms with Crippen LogP contribution >= 0.6 is 0 Å². The van der Waals surface area contributed by atoms with E-state index in [1.165, 1.54) is 0 Å². The lowest BCUT2D eigenvalue weighted by molar-refractivity contribution is -0.132. The molecule has 37 heavy (non-hydrogen) atoms. The number of carbonyl (C=O) groups excluding carboxylic acids is 4. The van der Waals surface area contributed by atoms with Gasteiger partial charge in [0.15, 0.2) is 0 Å². The second-order valence-electron chi connectivity index (χ2n) is 10.1. The summed E-state index contributed by atoms with van der Waals surface area (Å²) in [6, 6.07) is 0.792.